The maximum absolute atomic E-state index is 14.5. The summed E-state index contributed by atoms with van der Waals surface area (Å²) in [6.07, 6.45) is -0.219. The van der Waals surface area contributed by atoms with Crippen molar-refractivity contribution in [1.82, 2.24) is 19.8 Å². The molecular formula is C28H31FN4O4. The molecule has 1 aliphatic rings. The Morgan fingerprint density at radius 1 is 1.03 bits per heavy atom. The van der Waals surface area contributed by atoms with Crippen LogP contribution in [-0.4, -0.2) is 45.0 Å². The first-order valence-corrected chi connectivity index (χ1v) is 12.3. The van der Waals surface area contributed by atoms with Crippen molar-refractivity contribution in [2.24, 2.45) is 0 Å². The number of aromatic amines is 1. The van der Waals surface area contributed by atoms with Crippen molar-refractivity contribution in [3.63, 3.8) is 0 Å². The van der Waals surface area contributed by atoms with Gasteiger partial charge in [-0.05, 0) is 29.5 Å². The van der Waals surface area contributed by atoms with Crippen LogP contribution < -0.4 is 16.6 Å². The number of alkyl halides is 1. The molecule has 0 unspecified atom stereocenters. The zero-order valence-electron chi connectivity index (χ0n) is 21.1. The average molecular weight is 507 g/mol. The van der Waals surface area contributed by atoms with Gasteiger partial charge in [0.25, 0.3) is 5.56 Å². The monoisotopic (exact) mass is 506 g/mol. The average Bonchev–Trinajstić information content (AvgIpc) is 3.28. The number of halogens is 1. The van der Waals surface area contributed by atoms with Gasteiger partial charge in [-0.1, -0.05) is 68.4 Å². The summed E-state index contributed by atoms with van der Waals surface area (Å²) < 4.78 is 15.6. The summed E-state index contributed by atoms with van der Waals surface area (Å²) in [7, 11) is 0. The fourth-order valence-corrected chi connectivity index (χ4v) is 4.60. The van der Waals surface area contributed by atoms with Crippen LogP contribution in [0.3, 0.4) is 0 Å². The maximum Gasteiger partial charge on any atom is 0.328 e. The molecule has 2 aromatic carbocycles. The normalized spacial score (nSPS) is 18.1. The first-order valence-electron chi connectivity index (χ1n) is 12.3. The third-order valence-electron chi connectivity index (χ3n) is 6.72. The lowest BCUT2D eigenvalue weighted by molar-refractivity contribution is -0.139. The fourth-order valence-electron chi connectivity index (χ4n) is 4.60. The molecule has 1 fully saturated rings. The van der Waals surface area contributed by atoms with Crippen molar-refractivity contribution in [2.45, 2.75) is 57.9 Å². The van der Waals surface area contributed by atoms with Crippen LogP contribution >= 0.6 is 0 Å². The second-order valence-corrected chi connectivity index (χ2v) is 9.77. The second kappa shape index (κ2) is 10.9. The largest absolute Gasteiger partial charge is 0.343 e. The number of carbonyl (C=O) groups is 2. The molecule has 1 aliphatic heterocycles. The van der Waals surface area contributed by atoms with Crippen molar-refractivity contribution in [3.8, 4) is 0 Å². The van der Waals surface area contributed by atoms with Crippen LogP contribution in [0.15, 0.2) is 70.4 Å². The van der Waals surface area contributed by atoms with E-state index in [1.807, 2.05) is 54.6 Å². The van der Waals surface area contributed by atoms with Gasteiger partial charge in [0.1, 0.15) is 18.8 Å². The number of carbonyl (C=O) groups excluding carboxylic acids is 2. The second-order valence-electron chi connectivity index (χ2n) is 9.77. The minimum Gasteiger partial charge on any atom is -0.343 e. The van der Waals surface area contributed by atoms with Gasteiger partial charge < -0.3 is 10.2 Å². The molecule has 1 saturated heterocycles. The van der Waals surface area contributed by atoms with Gasteiger partial charge in [0.05, 0.1) is 12.6 Å². The summed E-state index contributed by atoms with van der Waals surface area (Å²) in [6, 6.07) is 15.9. The first-order chi connectivity index (χ1) is 17.6. The highest BCUT2D eigenvalue weighted by molar-refractivity contribution is 5.89. The number of rotatable bonds is 7. The van der Waals surface area contributed by atoms with E-state index < -0.39 is 47.9 Å². The molecule has 3 atom stereocenters. The fraction of sp³-hybridized carbons (Fsp3) is 0.357. The molecule has 1 aromatic heterocycles. The van der Waals surface area contributed by atoms with Gasteiger partial charge in [0.2, 0.25) is 11.8 Å². The van der Waals surface area contributed by atoms with Gasteiger partial charge in [-0.15, -0.1) is 0 Å². The zero-order chi connectivity index (χ0) is 26.7. The SMILES string of the molecule is Cc1cn(CC(=O)N2C[C@H](F)C[C@H]2C(=O)N[C@@H](c2ccccc2)c2ccc(C(C)C)cc2)c(=O)[nH]c1=O. The number of benzene rings is 2. The summed E-state index contributed by atoms with van der Waals surface area (Å²) in [4.78, 5) is 53.6. The highest BCUT2D eigenvalue weighted by Gasteiger charge is 2.40. The quantitative estimate of drug-likeness (QED) is 0.514. The number of nitrogens with zero attached hydrogens (tertiary/aromatic N) is 2. The third kappa shape index (κ3) is 5.87. The molecule has 0 saturated carbocycles. The van der Waals surface area contributed by atoms with Crippen LogP contribution in [0.4, 0.5) is 4.39 Å². The van der Waals surface area contributed by atoms with E-state index in [2.05, 4.69) is 24.1 Å². The summed E-state index contributed by atoms with van der Waals surface area (Å²) in [6.45, 7) is 5.07. The van der Waals surface area contributed by atoms with Gasteiger partial charge >= 0.3 is 5.69 Å². The van der Waals surface area contributed by atoms with E-state index in [4.69, 9.17) is 0 Å². The van der Waals surface area contributed by atoms with Gasteiger partial charge in [0.15, 0.2) is 0 Å². The number of H-pyrrole nitrogens is 1. The molecule has 0 bridgehead atoms. The smallest absolute Gasteiger partial charge is 0.328 e. The number of aryl methyl sites for hydroxylation is 1. The van der Waals surface area contributed by atoms with Crippen molar-refractivity contribution in [2.75, 3.05) is 6.54 Å². The Labute approximate surface area is 214 Å². The Morgan fingerprint density at radius 2 is 1.65 bits per heavy atom. The molecule has 0 spiro atoms. The molecule has 8 nitrogen and oxygen atoms in total. The molecule has 2 amide bonds. The van der Waals surface area contributed by atoms with E-state index in [0.717, 1.165) is 15.7 Å². The first kappa shape index (κ1) is 26.1. The van der Waals surface area contributed by atoms with Gasteiger partial charge in [0, 0.05) is 18.2 Å². The zero-order valence-corrected chi connectivity index (χ0v) is 21.1. The molecule has 0 aliphatic carbocycles. The maximum atomic E-state index is 14.5. The molecule has 37 heavy (non-hydrogen) atoms. The van der Waals surface area contributed by atoms with E-state index in [1.165, 1.54) is 23.6 Å². The summed E-state index contributed by atoms with van der Waals surface area (Å²) in [5.74, 6) is -0.691. The van der Waals surface area contributed by atoms with E-state index in [9.17, 15) is 23.6 Å². The molecule has 2 N–H and O–H groups in total. The Hall–Kier alpha value is -4.01. The number of hydrogen-bond donors (Lipinski definition) is 2. The minimum atomic E-state index is -1.37. The molecular weight excluding hydrogens is 475 g/mol. The molecule has 0 radical (unpaired) electrons. The standard InChI is InChI=1S/C28H31FN4O4/c1-17(2)19-9-11-21(12-10-19)25(20-7-5-4-6-8-20)30-27(36)23-13-22(29)15-33(23)24(34)16-32-14-18(3)26(35)31-28(32)37/h4-12,14,17,22-23,25H,13,15-16H2,1-3H3,(H,30,36)(H,31,35,37)/t22-,23+,25+/m1/s1. The molecule has 3 aromatic rings. The Morgan fingerprint density at radius 3 is 2.30 bits per heavy atom. The summed E-state index contributed by atoms with van der Waals surface area (Å²) in [5, 5.41) is 3.02. The Bertz CT molecular complexity index is 1380. The third-order valence-corrected chi connectivity index (χ3v) is 6.72. The Kier molecular flexibility index (Phi) is 7.71. The summed E-state index contributed by atoms with van der Waals surface area (Å²) in [5.41, 5.74) is 1.88. The number of likely N-dealkylation sites (tertiary alicyclic amines) is 1. The lowest BCUT2D eigenvalue weighted by Gasteiger charge is -2.27. The van der Waals surface area contributed by atoms with Crippen LogP contribution in [0.2, 0.25) is 0 Å². The van der Waals surface area contributed by atoms with Crippen LogP contribution in [0, 0.1) is 6.92 Å². The predicted octanol–water partition coefficient (Wildman–Crippen LogP) is 2.81. The summed E-state index contributed by atoms with van der Waals surface area (Å²) >= 11 is 0. The number of aromatic nitrogens is 2. The highest BCUT2D eigenvalue weighted by atomic mass is 19.1. The Balaban J connectivity index is 1.57. The van der Waals surface area contributed by atoms with E-state index >= 15 is 0 Å². The van der Waals surface area contributed by atoms with E-state index in [0.29, 0.717) is 5.92 Å². The van der Waals surface area contributed by atoms with Gasteiger partial charge in [-0.25, -0.2) is 9.18 Å². The van der Waals surface area contributed by atoms with Crippen molar-refractivity contribution in [3.05, 3.63) is 104 Å². The van der Waals surface area contributed by atoms with Gasteiger partial charge in [-0.2, -0.15) is 0 Å². The van der Waals surface area contributed by atoms with Crippen LogP contribution in [-0.2, 0) is 16.1 Å². The van der Waals surface area contributed by atoms with E-state index in [1.54, 1.807) is 0 Å². The molecule has 9 heteroatoms. The van der Waals surface area contributed by atoms with Crippen LogP contribution in [0.5, 0.6) is 0 Å². The van der Waals surface area contributed by atoms with Crippen molar-refractivity contribution < 1.29 is 14.0 Å². The van der Waals surface area contributed by atoms with E-state index in [-0.39, 0.29) is 18.5 Å². The van der Waals surface area contributed by atoms with Crippen molar-refractivity contribution in [1.29, 1.82) is 0 Å². The molecule has 194 valence electrons. The number of hydrogen-bond acceptors (Lipinski definition) is 4. The van der Waals surface area contributed by atoms with Crippen LogP contribution in [0.25, 0.3) is 0 Å². The number of nitrogens with one attached hydrogen (secondary N) is 2. The van der Waals surface area contributed by atoms with Gasteiger partial charge in [-0.3, -0.25) is 23.9 Å². The highest BCUT2D eigenvalue weighted by Crippen LogP contribution is 2.27. The van der Waals surface area contributed by atoms with Crippen LogP contribution in [0.1, 0.15) is 54.5 Å². The number of amides is 2. The van der Waals surface area contributed by atoms with Crippen molar-refractivity contribution >= 4 is 11.8 Å². The topological polar surface area (TPSA) is 104 Å². The lowest BCUT2D eigenvalue weighted by Crippen LogP contribution is -2.48. The molecule has 2 heterocycles. The lowest BCUT2D eigenvalue weighted by atomic mass is 9.95. The molecule has 4 rings (SSSR count). The minimum absolute atomic E-state index is 0.134. The predicted molar refractivity (Wildman–Crippen MR) is 138 cm³/mol.